The van der Waals surface area contributed by atoms with Gasteiger partial charge < -0.3 is 15.2 Å². The number of nitrogens with one attached hydrogen (secondary N) is 1. The van der Waals surface area contributed by atoms with Crippen molar-refractivity contribution in [3.8, 4) is 5.75 Å². The lowest BCUT2D eigenvalue weighted by molar-refractivity contribution is -0.0301. The molecule has 0 saturated heterocycles. The number of aliphatic hydroxyl groups is 1. The largest absolute Gasteiger partial charge is 0.488 e. The van der Waals surface area contributed by atoms with Gasteiger partial charge >= 0.3 is 0 Å². The summed E-state index contributed by atoms with van der Waals surface area (Å²) in [6.07, 6.45) is 3.54. The van der Waals surface area contributed by atoms with E-state index in [2.05, 4.69) is 10.4 Å². The maximum atomic E-state index is 12.4. The lowest BCUT2D eigenvalue weighted by atomic mass is 9.84. The van der Waals surface area contributed by atoms with Crippen LogP contribution in [-0.2, 0) is 7.05 Å². The summed E-state index contributed by atoms with van der Waals surface area (Å²) >= 11 is 0. The second-order valence-electron chi connectivity index (χ2n) is 7.17. The molecule has 6 nitrogen and oxygen atoms in total. The van der Waals surface area contributed by atoms with Crippen LogP contribution in [0.4, 0.5) is 0 Å². The topological polar surface area (TPSA) is 76.4 Å². The first-order chi connectivity index (χ1) is 12.4. The van der Waals surface area contributed by atoms with Crippen molar-refractivity contribution in [1.29, 1.82) is 0 Å². The molecule has 0 bridgehead atoms. The number of aromatic nitrogens is 2. The molecule has 1 aromatic heterocycles. The third kappa shape index (κ3) is 4.25. The van der Waals surface area contributed by atoms with Crippen LogP contribution in [0, 0.1) is 19.8 Å². The van der Waals surface area contributed by atoms with E-state index < -0.39 is 6.10 Å². The Kier molecular flexibility index (Phi) is 5.61. The van der Waals surface area contributed by atoms with Gasteiger partial charge in [0, 0.05) is 25.7 Å². The Balaban J connectivity index is 1.58. The van der Waals surface area contributed by atoms with Gasteiger partial charge in [-0.05, 0) is 50.8 Å². The summed E-state index contributed by atoms with van der Waals surface area (Å²) in [7, 11) is 1.79. The van der Waals surface area contributed by atoms with Crippen molar-refractivity contribution < 1.29 is 14.6 Å². The summed E-state index contributed by atoms with van der Waals surface area (Å²) in [6.45, 7) is 4.26. The van der Waals surface area contributed by atoms with Crippen molar-refractivity contribution in [3.63, 3.8) is 0 Å². The van der Waals surface area contributed by atoms with Gasteiger partial charge in [0.15, 0.2) is 0 Å². The SMILES string of the molecule is Cc1cccc(O[C@@H]2CCC[C@H](CNC(=O)c3cn(C)nc3C)[C@H]2O)c1. The molecule has 1 saturated carbocycles. The van der Waals surface area contributed by atoms with Crippen LogP contribution in [0.3, 0.4) is 0 Å². The molecule has 1 fully saturated rings. The molecule has 0 spiro atoms. The second-order valence-corrected chi connectivity index (χ2v) is 7.17. The number of benzene rings is 1. The first kappa shape index (κ1) is 18.5. The van der Waals surface area contributed by atoms with E-state index in [1.165, 1.54) is 0 Å². The fourth-order valence-electron chi connectivity index (χ4n) is 3.58. The smallest absolute Gasteiger partial charge is 0.254 e. The van der Waals surface area contributed by atoms with Crippen molar-refractivity contribution in [2.24, 2.45) is 13.0 Å². The molecule has 2 N–H and O–H groups in total. The van der Waals surface area contributed by atoms with Gasteiger partial charge in [-0.1, -0.05) is 12.1 Å². The summed E-state index contributed by atoms with van der Waals surface area (Å²) in [5, 5.41) is 17.8. The van der Waals surface area contributed by atoms with Gasteiger partial charge in [-0.3, -0.25) is 9.48 Å². The molecule has 0 radical (unpaired) electrons. The summed E-state index contributed by atoms with van der Waals surface area (Å²) in [5.74, 6) is 0.619. The van der Waals surface area contributed by atoms with Gasteiger partial charge in [0.2, 0.25) is 0 Å². The summed E-state index contributed by atoms with van der Waals surface area (Å²) in [6, 6.07) is 7.86. The Morgan fingerprint density at radius 1 is 1.38 bits per heavy atom. The number of carbonyl (C=O) groups is 1. The molecular formula is C20H27N3O3. The van der Waals surface area contributed by atoms with E-state index in [0.29, 0.717) is 17.8 Å². The minimum atomic E-state index is -0.598. The number of aliphatic hydroxyl groups excluding tert-OH is 1. The number of hydrogen-bond donors (Lipinski definition) is 2. The number of carbonyl (C=O) groups excluding carboxylic acids is 1. The van der Waals surface area contributed by atoms with Crippen molar-refractivity contribution >= 4 is 5.91 Å². The highest BCUT2D eigenvalue weighted by Gasteiger charge is 2.33. The average molecular weight is 357 g/mol. The van der Waals surface area contributed by atoms with Gasteiger partial charge in [-0.15, -0.1) is 0 Å². The maximum absolute atomic E-state index is 12.4. The molecule has 0 aliphatic heterocycles. The minimum Gasteiger partial charge on any atom is -0.488 e. The molecular weight excluding hydrogens is 330 g/mol. The van der Waals surface area contributed by atoms with Crippen LogP contribution in [-0.4, -0.2) is 39.5 Å². The zero-order valence-electron chi connectivity index (χ0n) is 15.6. The first-order valence-corrected chi connectivity index (χ1v) is 9.14. The van der Waals surface area contributed by atoms with Crippen LogP contribution >= 0.6 is 0 Å². The van der Waals surface area contributed by atoms with Crippen LogP contribution in [0.1, 0.15) is 40.9 Å². The molecule has 1 aliphatic rings. The molecule has 0 unspecified atom stereocenters. The minimum absolute atomic E-state index is 0.0144. The van der Waals surface area contributed by atoms with E-state index in [4.69, 9.17) is 4.74 Å². The number of nitrogens with zero attached hydrogens (tertiary/aromatic N) is 2. The molecule has 140 valence electrons. The Labute approximate surface area is 154 Å². The first-order valence-electron chi connectivity index (χ1n) is 9.14. The van der Waals surface area contributed by atoms with Gasteiger partial charge in [-0.25, -0.2) is 0 Å². The van der Waals surface area contributed by atoms with Crippen LogP contribution in [0.15, 0.2) is 30.5 Å². The highest BCUT2D eigenvalue weighted by molar-refractivity contribution is 5.94. The number of amides is 1. The summed E-state index contributed by atoms with van der Waals surface area (Å²) in [4.78, 5) is 12.4. The second kappa shape index (κ2) is 7.91. The fourth-order valence-corrected chi connectivity index (χ4v) is 3.58. The molecule has 6 heteroatoms. The van der Waals surface area contributed by atoms with E-state index in [-0.39, 0.29) is 17.9 Å². The molecule has 1 amide bonds. The number of rotatable bonds is 5. The van der Waals surface area contributed by atoms with Gasteiger partial charge in [0.25, 0.3) is 5.91 Å². The third-order valence-corrected chi connectivity index (χ3v) is 4.99. The van der Waals surface area contributed by atoms with Crippen LogP contribution < -0.4 is 10.1 Å². The molecule has 3 rings (SSSR count). The molecule has 26 heavy (non-hydrogen) atoms. The third-order valence-electron chi connectivity index (χ3n) is 4.99. The average Bonchev–Trinajstić information content (AvgIpc) is 2.94. The number of ether oxygens (including phenoxy) is 1. The molecule has 1 aromatic carbocycles. The van der Waals surface area contributed by atoms with Crippen LogP contribution in [0.2, 0.25) is 0 Å². The molecule has 2 aromatic rings. The van der Waals surface area contributed by atoms with E-state index in [0.717, 1.165) is 30.6 Å². The van der Waals surface area contributed by atoms with Gasteiger partial charge in [0.1, 0.15) is 11.9 Å². The van der Waals surface area contributed by atoms with E-state index in [1.807, 2.05) is 38.1 Å². The number of hydrogen-bond acceptors (Lipinski definition) is 4. The quantitative estimate of drug-likeness (QED) is 0.861. The predicted octanol–water partition coefficient (Wildman–Crippen LogP) is 2.38. The van der Waals surface area contributed by atoms with Gasteiger partial charge in [-0.2, -0.15) is 5.10 Å². The molecule has 1 heterocycles. The van der Waals surface area contributed by atoms with Crippen LogP contribution in [0.25, 0.3) is 0 Å². The Hall–Kier alpha value is -2.34. The predicted molar refractivity (Wildman–Crippen MR) is 99.2 cm³/mol. The zero-order chi connectivity index (χ0) is 18.7. The molecule has 3 atom stereocenters. The van der Waals surface area contributed by atoms with Crippen molar-refractivity contribution in [1.82, 2.24) is 15.1 Å². The van der Waals surface area contributed by atoms with Crippen molar-refractivity contribution in [2.75, 3.05) is 6.54 Å². The lowest BCUT2D eigenvalue weighted by Gasteiger charge is -2.35. The maximum Gasteiger partial charge on any atom is 0.254 e. The van der Waals surface area contributed by atoms with E-state index >= 15 is 0 Å². The van der Waals surface area contributed by atoms with Crippen LogP contribution in [0.5, 0.6) is 5.75 Å². The van der Waals surface area contributed by atoms with E-state index in [1.54, 1.807) is 17.9 Å². The van der Waals surface area contributed by atoms with Crippen molar-refractivity contribution in [3.05, 3.63) is 47.3 Å². The highest BCUT2D eigenvalue weighted by atomic mass is 16.5. The standard InChI is InChI=1S/C20H27N3O3/c1-13-6-4-8-16(10-13)26-18-9-5-7-15(19(18)24)11-21-20(25)17-12-23(3)22-14(17)2/h4,6,8,10,12,15,18-19,24H,5,7,9,11H2,1-3H3,(H,21,25)/t15-,18-,19-/m1/s1. The Bertz CT molecular complexity index is 771. The lowest BCUT2D eigenvalue weighted by Crippen LogP contribution is -2.45. The highest BCUT2D eigenvalue weighted by Crippen LogP contribution is 2.28. The molecule has 1 aliphatic carbocycles. The normalized spacial score (nSPS) is 22.8. The monoisotopic (exact) mass is 357 g/mol. The van der Waals surface area contributed by atoms with Gasteiger partial charge in [0.05, 0.1) is 17.4 Å². The van der Waals surface area contributed by atoms with Crippen molar-refractivity contribution in [2.45, 2.75) is 45.3 Å². The number of aryl methyl sites for hydroxylation is 3. The summed E-state index contributed by atoms with van der Waals surface area (Å²) < 4.78 is 7.65. The summed E-state index contributed by atoms with van der Waals surface area (Å²) in [5.41, 5.74) is 2.41. The Morgan fingerprint density at radius 3 is 2.88 bits per heavy atom. The Morgan fingerprint density at radius 2 is 2.19 bits per heavy atom. The van der Waals surface area contributed by atoms with E-state index in [9.17, 15) is 9.90 Å². The fraction of sp³-hybridized carbons (Fsp3) is 0.500. The zero-order valence-corrected chi connectivity index (χ0v) is 15.6.